The van der Waals surface area contributed by atoms with Crippen LogP contribution in [0.15, 0.2) is 73.1 Å². The van der Waals surface area contributed by atoms with E-state index >= 15 is 0 Å². The van der Waals surface area contributed by atoms with Gasteiger partial charge in [-0.1, -0.05) is 12.1 Å². The summed E-state index contributed by atoms with van der Waals surface area (Å²) in [5, 5.41) is 0. The number of fused-ring (bicyclic) bond motifs is 1. The Morgan fingerprint density at radius 3 is 2.32 bits per heavy atom. The second-order valence-electron chi connectivity index (χ2n) is 7.56. The molecule has 1 fully saturated rings. The monoisotopic (exact) mass is 417 g/mol. The summed E-state index contributed by atoms with van der Waals surface area (Å²) < 4.78 is 13.3. The van der Waals surface area contributed by atoms with E-state index in [4.69, 9.17) is 9.47 Å². The fourth-order valence-electron chi connectivity index (χ4n) is 3.98. The molecule has 2 aromatic carbocycles. The van der Waals surface area contributed by atoms with E-state index < -0.39 is 6.10 Å². The van der Waals surface area contributed by atoms with Crippen LogP contribution in [0.25, 0.3) is 5.69 Å². The number of para-hydroxylation sites is 2. The molecule has 7 nitrogen and oxygen atoms in total. The summed E-state index contributed by atoms with van der Waals surface area (Å²) >= 11 is 0. The van der Waals surface area contributed by atoms with Crippen molar-refractivity contribution >= 4 is 17.5 Å². The number of anilines is 1. The van der Waals surface area contributed by atoms with Gasteiger partial charge in [0.25, 0.3) is 11.8 Å². The molecule has 1 atom stereocenters. The number of rotatable bonds is 3. The molecule has 7 heteroatoms. The molecule has 0 bridgehead atoms. The highest BCUT2D eigenvalue weighted by atomic mass is 16.5. The van der Waals surface area contributed by atoms with Gasteiger partial charge < -0.3 is 23.8 Å². The molecule has 3 aromatic rings. The minimum atomic E-state index is -0.740. The van der Waals surface area contributed by atoms with Crippen molar-refractivity contribution in [1.82, 2.24) is 9.47 Å². The Balaban J connectivity index is 1.41. The highest BCUT2D eigenvalue weighted by Gasteiger charge is 2.36. The average molecular weight is 417 g/mol. The Hall–Kier alpha value is -3.58. The van der Waals surface area contributed by atoms with Crippen LogP contribution in [0, 0.1) is 0 Å². The van der Waals surface area contributed by atoms with Crippen LogP contribution in [0.5, 0.6) is 5.75 Å². The van der Waals surface area contributed by atoms with Crippen LogP contribution in [0.3, 0.4) is 0 Å². The van der Waals surface area contributed by atoms with Crippen molar-refractivity contribution in [3.05, 3.63) is 78.6 Å². The van der Waals surface area contributed by atoms with Gasteiger partial charge in [-0.05, 0) is 48.5 Å². The number of nitrogens with zero attached hydrogens (tertiary/aromatic N) is 3. The van der Waals surface area contributed by atoms with E-state index in [0.717, 1.165) is 5.69 Å². The number of benzene rings is 2. The molecule has 1 saturated heterocycles. The molecule has 3 heterocycles. The topological polar surface area (TPSA) is 64.0 Å². The molecule has 0 spiro atoms. The normalized spacial score (nSPS) is 18.3. The van der Waals surface area contributed by atoms with Gasteiger partial charge in [0.15, 0.2) is 6.10 Å². The molecule has 31 heavy (non-hydrogen) atoms. The predicted octanol–water partition coefficient (Wildman–Crippen LogP) is 2.74. The number of aromatic nitrogens is 1. The molecule has 2 aliphatic rings. The molecule has 0 N–H and O–H groups in total. The molecule has 2 amide bonds. The highest BCUT2D eigenvalue weighted by Crippen LogP contribution is 2.34. The lowest BCUT2D eigenvalue weighted by Crippen LogP contribution is -2.54. The van der Waals surface area contributed by atoms with Gasteiger partial charge >= 0.3 is 0 Å². The third kappa shape index (κ3) is 3.80. The zero-order chi connectivity index (χ0) is 21.2. The summed E-state index contributed by atoms with van der Waals surface area (Å²) in [5.74, 6) is 0.269. The van der Waals surface area contributed by atoms with Crippen LogP contribution in [0.1, 0.15) is 10.4 Å². The third-order valence-electron chi connectivity index (χ3n) is 5.63. The lowest BCUT2D eigenvalue weighted by molar-refractivity contribution is -0.142. The third-order valence-corrected chi connectivity index (χ3v) is 5.63. The Labute approximate surface area is 180 Å². The van der Waals surface area contributed by atoms with Crippen LogP contribution in [0.4, 0.5) is 5.69 Å². The number of carbonyl (C=O) groups is 2. The second-order valence-corrected chi connectivity index (χ2v) is 7.56. The van der Waals surface area contributed by atoms with E-state index in [1.165, 1.54) is 0 Å². The molecular weight excluding hydrogens is 394 g/mol. The molecule has 0 saturated carbocycles. The van der Waals surface area contributed by atoms with E-state index in [0.29, 0.717) is 43.3 Å². The number of carbonyl (C=O) groups excluding carboxylic acids is 2. The van der Waals surface area contributed by atoms with E-state index in [1.807, 2.05) is 71.6 Å². The minimum Gasteiger partial charge on any atom is -0.476 e. The van der Waals surface area contributed by atoms with Crippen LogP contribution in [-0.4, -0.2) is 60.2 Å². The van der Waals surface area contributed by atoms with Gasteiger partial charge in [0, 0.05) is 36.7 Å². The predicted molar refractivity (Wildman–Crippen MR) is 116 cm³/mol. The van der Waals surface area contributed by atoms with Gasteiger partial charge in [-0.25, -0.2) is 0 Å². The van der Waals surface area contributed by atoms with Crippen molar-refractivity contribution in [2.24, 2.45) is 0 Å². The van der Waals surface area contributed by atoms with Crippen molar-refractivity contribution < 1.29 is 19.1 Å². The van der Waals surface area contributed by atoms with Crippen molar-refractivity contribution in [2.75, 3.05) is 37.7 Å². The summed E-state index contributed by atoms with van der Waals surface area (Å²) in [6.07, 6.45) is 3.17. The van der Waals surface area contributed by atoms with Gasteiger partial charge in [-0.15, -0.1) is 0 Å². The number of ether oxygens (including phenoxy) is 2. The van der Waals surface area contributed by atoms with Crippen LogP contribution >= 0.6 is 0 Å². The summed E-state index contributed by atoms with van der Waals surface area (Å²) in [4.78, 5) is 29.9. The number of amides is 2. The zero-order valence-corrected chi connectivity index (χ0v) is 17.0. The van der Waals surface area contributed by atoms with E-state index in [2.05, 4.69) is 0 Å². The van der Waals surface area contributed by atoms with Crippen molar-refractivity contribution in [3.8, 4) is 11.4 Å². The van der Waals surface area contributed by atoms with E-state index in [9.17, 15) is 9.59 Å². The Kier molecular flexibility index (Phi) is 5.18. The summed E-state index contributed by atoms with van der Waals surface area (Å²) in [5.41, 5.74) is 2.21. The molecule has 158 valence electrons. The van der Waals surface area contributed by atoms with Gasteiger partial charge in [0.2, 0.25) is 0 Å². The SMILES string of the molecule is O=C(C1CN(C(=O)c2ccc(-n3cccc3)cc2)c2ccccc2O1)N1CCOCC1. The highest BCUT2D eigenvalue weighted by molar-refractivity contribution is 6.08. The number of hydrogen-bond donors (Lipinski definition) is 0. The first kappa shape index (κ1) is 19.4. The molecule has 2 aliphatic heterocycles. The fourth-order valence-corrected chi connectivity index (χ4v) is 3.98. The molecule has 1 aromatic heterocycles. The molecular formula is C24H23N3O4. The summed E-state index contributed by atoms with van der Waals surface area (Å²) in [6.45, 7) is 2.28. The van der Waals surface area contributed by atoms with E-state index in [1.54, 1.807) is 15.9 Å². The first-order valence-electron chi connectivity index (χ1n) is 10.4. The first-order chi connectivity index (χ1) is 15.2. The Morgan fingerprint density at radius 2 is 1.58 bits per heavy atom. The molecule has 0 aliphatic carbocycles. The Bertz CT molecular complexity index is 1070. The molecule has 1 unspecified atom stereocenters. The van der Waals surface area contributed by atoms with Gasteiger partial charge in [0.05, 0.1) is 25.4 Å². The first-order valence-corrected chi connectivity index (χ1v) is 10.4. The van der Waals surface area contributed by atoms with Crippen molar-refractivity contribution in [3.63, 3.8) is 0 Å². The summed E-state index contributed by atoms with van der Waals surface area (Å²) in [7, 11) is 0. The summed E-state index contributed by atoms with van der Waals surface area (Å²) in [6, 6.07) is 18.7. The quantitative estimate of drug-likeness (QED) is 0.658. The fraction of sp³-hybridized carbons (Fsp3) is 0.250. The smallest absolute Gasteiger partial charge is 0.265 e. The number of morpholine rings is 1. The Morgan fingerprint density at radius 1 is 0.871 bits per heavy atom. The van der Waals surface area contributed by atoms with Crippen LogP contribution in [0.2, 0.25) is 0 Å². The zero-order valence-electron chi connectivity index (χ0n) is 17.0. The van der Waals surface area contributed by atoms with Crippen molar-refractivity contribution in [2.45, 2.75) is 6.10 Å². The maximum Gasteiger partial charge on any atom is 0.265 e. The second kappa shape index (κ2) is 8.28. The van der Waals surface area contributed by atoms with Crippen molar-refractivity contribution in [1.29, 1.82) is 0 Å². The van der Waals surface area contributed by atoms with Gasteiger partial charge in [-0.3, -0.25) is 9.59 Å². The van der Waals surface area contributed by atoms with Crippen LogP contribution < -0.4 is 9.64 Å². The maximum atomic E-state index is 13.4. The van der Waals surface area contributed by atoms with Gasteiger partial charge in [-0.2, -0.15) is 0 Å². The average Bonchev–Trinajstić information content (AvgIpc) is 3.38. The maximum absolute atomic E-state index is 13.4. The molecule has 0 radical (unpaired) electrons. The van der Waals surface area contributed by atoms with Gasteiger partial charge in [0.1, 0.15) is 5.75 Å². The minimum absolute atomic E-state index is 0.112. The van der Waals surface area contributed by atoms with Crippen LogP contribution in [-0.2, 0) is 9.53 Å². The van der Waals surface area contributed by atoms with E-state index in [-0.39, 0.29) is 18.4 Å². The number of hydrogen-bond acceptors (Lipinski definition) is 4. The lowest BCUT2D eigenvalue weighted by Gasteiger charge is -2.37. The standard InChI is InChI=1S/C24H23N3O4/c28-23(18-7-9-19(10-8-18)25-11-3-4-12-25)27-17-22(24(29)26-13-15-30-16-14-26)31-21-6-2-1-5-20(21)27/h1-12,22H,13-17H2. The lowest BCUT2D eigenvalue weighted by atomic mass is 10.1. The largest absolute Gasteiger partial charge is 0.476 e. The molecule has 5 rings (SSSR count).